The lowest BCUT2D eigenvalue weighted by Crippen LogP contribution is -2.33. The molecule has 0 unspecified atom stereocenters. The first-order valence-corrected chi connectivity index (χ1v) is 10.3. The minimum absolute atomic E-state index is 0.0265. The fraction of sp³-hybridized carbons (Fsp3) is 0.474. The molecule has 1 aromatic carbocycles. The van der Waals surface area contributed by atoms with E-state index >= 15 is 0 Å². The molecule has 0 spiro atoms. The molecule has 2 N–H and O–H groups in total. The smallest absolute Gasteiger partial charge is 0.355 e. The van der Waals surface area contributed by atoms with Gasteiger partial charge in [0.1, 0.15) is 22.7 Å². The van der Waals surface area contributed by atoms with Crippen LogP contribution in [0, 0.1) is 17.7 Å². The van der Waals surface area contributed by atoms with Gasteiger partial charge in [-0.1, -0.05) is 11.6 Å². The molecule has 0 bridgehead atoms. The van der Waals surface area contributed by atoms with Crippen molar-refractivity contribution >= 4 is 28.9 Å². The first-order chi connectivity index (χ1) is 13.4. The molecule has 2 fully saturated rings. The van der Waals surface area contributed by atoms with E-state index in [0.717, 1.165) is 6.42 Å². The number of aromatic nitrogens is 1. The highest BCUT2D eigenvalue weighted by Gasteiger charge is 2.47. The van der Waals surface area contributed by atoms with Crippen LogP contribution in [0.4, 0.5) is 4.39 Å². The van der Waals surface area contributed by atoms with Gasteiger partial charge in [-0.3, -0.25) is 0 Å². The van der Waals surface area contributed by atoms with E-state index in [-0.39, 0.29) is 41.4 Å². The lowest BCUT2D eigenvalue weighted by atomic mass is 9.87. The molecule has 1 saturated heterocycles. The molecule has 1 aliphatic carbocycles. The molecule has 0 amide bonds. The van der Waals surface area contributed by atoms with Crippen LogP contribution in [0.3, 0.4) is 0 Å². The van der Waals surface area contributed by atoms with Gasteiger partial charge in [-0.25, -0.2) is 14.2 Å². The highest BCUT2D eigenvalue weighted by atomic mass is 35.5. The number of carboxylic acid groups (broad SMARTS) is 1. The molecule has 1 aliphatic heterocycles. The summed E-state index contributed by atoms with van der Waals surface area (Å²) < 4.78 is 25.4. The van der Waals surface area contributed by atoms with Crippen LogP contribution in [0.1, 0.15) is 40.9 Å². The Balaban J connectivity index is 1.39. The molecule has 5 atom stereocenters. The Bertz CT molecular complexity index is 878. The van der Waals surface area contributed by atoms with E-state index in [1.54, 1.807) is 6.07 Å². The molecule has 1 aromatic heterocycles. The minimum atomic E-state index is -1.05. The average molecular weight is 428 g/mol. The van der Waals surface area contributed by atoms with Crippen molar-refractivity contribution < 1.29 is 28.9 Å². The molecule has 0 radical (unpaired) electrons. The summed E-state index contributed by atoms with van der Waals surface area (Å²) in [6.07, 6.45) is 1.04. The Hall–Kier alpha value is -1.74. The zero-order chi connectivity index (χ0) is 19.8. The second kappa shape index (κ2) is 7.94. The molecule has 6 nitrogen and oxygen atoms in total. The van der Waals surface area contributed by atoms with Gasteiger partial charge in [0.15, 0.2) is 5.69 Å². The van der Waals surface area contributed by atoms with E-state index in [1.165, 1.54) is 28.8 Å². The van der Waals surface area contributed by atoms with Crippen LogP contribution in [0.5, 0.6) is 5.75 Å². The number of carbonyl (C=O) groups is 1. The van der Waals surface area contributed by atoms with Crippen LogP contribution in [0.25, 0.3) is 0 Å². The highest BCUT2D eigenvalue weighted by Crippen LogP contribution is 2.46. The predicted octanol–water partition coefficient (Wildman–Crippen LogP) is 3.93. The number of halogens is 2. The molecular formula is C19H19ClFNO5S. The van der Waals surface area contributed by atoms with Crippen LogP contribution < -0.4 is 4.74 Å². The van der Waals surface area contributed by atoms with Gasteiger partial charge in [-0.05, 0) is 30.9 Å². The third-order valence-electron chi connectivity index (χ3n) is 5.45. The number of hydrogen-bond donors (Lipinski definition) is 2. The zero-order valence-electron chi connectivity index (χ0n) is 14.8. The maximum atomic E-state index is 13.6. The fourth-order valence-electron chi connectivity index (χ4n) is 4.04. The largest absolute Gasteiger partial charge is 0.493 e. The predicted molar refractivity (Wildman–Crippen MR) is 100 cm³/mol. The molecular weight excluding hydrogens is 409 g/mol. The summed E-state index contributed by atoms with van der Waals surface area (Å²) in [5.41, 5.74) is 0.0265. The standard InChI is InChI=1S/C19H19ClFNO5S/c20-12-3-1-9(5-13(12)21)26-7-11-10-2-4-16(27-17(10)6-15(11)23)18-22-14(8-28-18)19(24)25/h1,3,5,8,10-11,15-17,23H,2,4,6-7H2,(H,24,25)/t10-,11-,15-,16-,17+/m1/s1. The van der Waals surface area contributed by atoms with Crippen molar-refractivity contribution in [3.05, 3.63) is 45.1 Å². The average Bonchev–Trinajstić information content (AvgIpc) is 3.27. The first-order valence-electron chi connectivity index (χ1n) is 9.02. The summed E-state index contributed by atoms with van der Waals surface area (Å²) in [5.74, 6) is -1.21. The van der Waals surface area contributed by atoms with Crippen molar-refractivity contribution in [2.75, 3.05) is 6.61 Å². The lowest BCUT2D eigenvalue weighted by Gasteiger charge is -2.33. The third kappa shape index (κ3) is 3.87. The minimum Gasteiger partial charge on any atom is -0.493 e. The van der Waals surface area contributed by atoms with Gasteiger partial charge in [0.25, 0.3) is 0 Å². The van der Waals surface area contributed by atoms with E-state index in [1.807, 2.05) is 0 Å². The van der Waals surface area contributed by atoms with Crippen molar-refractivity contribution in [2.24, 2.45) is 11.8 Å². The van der Waals surface area contributed by atoms with Crippen molar-refractivity contribution in [1.82, 2.24) is 4.98 Å². The Morgan fingerprint density at radius 3 is 2.96 bits per heavy atom. The monoisotopic (exact) mass is 427 g/mol. The molecule has 9 heteroatoms. The summed E-state index contributed by atoms with van der Waals surface area (Å²) in [6.45, 7) is 0.262. The number of aromatic carboxylic acids is 1. The second-order valence-electron chi connectivity index (χ2n) is 7.13. The van der Waals surface area contributed by atoms with Crippen molar-refractivity contribution in [2.45, 2.75) is 37.6 Å². The van der Waals surface area contributed by atoms with Gasteiger partial charge in [-0.2, -0.15) is 0 Å². The summed E-state index contributed by atoms with van der Waals surface area (Å²) >= 11 is 6.96. The third-order valence-corrected chi connectivity index (χ3v) is 6.69. The maximum Gasteiger partial charge on any atom is 0.355 e. The van der Waals surface area contributed by atoms with E-state index in [0.29, 0.717) is 23.6 Å². The molecule has 1 saturated carbocycles. The maximum absolute atomic E-state index is 13.6. The topological polar surface area (TPSA) is 88.9 Å². The van der Waals surface area contributed by atoms with Gasteiger partial charge >= 0.3 is 5.97 Å². The van der Waals surface area contributed by atoms with Gasteiger partial charge in [0, 0.05) is 23.8 Å². The van der Waals surface area contributed by atoms with Gasteiger partial charge < -0.3 is 19.7 Å². The molecule has 28 heavy (non-hydrogen) atoms. The normalized spacial score (nSPS) is 29.5. The van der Waals surface area contributed by atoms with E-state index in [2.05, 4.69) is 4.98 Å². The van der Waals surface area contributed by atoms with Crippen molar-refractivity contribution in [3.63, 3.8) is 0 Å². The molecule has 2 heterocycles. The summed E-state index contributed by atoms with van der Waals surface area (Å²) in [6, 6.07) is 4.27. The zero-order valence-corrected chi connectivity index (χ0v) is 16.3. The highest BCUT2D eigenvalue weighted by molar-refractivity contribution is 7.09. The van der Waals surface area contributed by atoms with E-state index in [9.17, 15) is 14.3 Å². The molecule has 150 valence electrons. The summed E-state index contributed by atoms with van der Waals surface area (Å²) in [5, 5.41) is 21.7. The number of aliphatic hydroxyl groups excluding tert-OH is 1. The SMILES string of the molecule is O=C(O)c1csc([C@H]2CC[C@@H]3[C@@H](COc4ccc(Cl)c(F)c4)[C@H](O)C[C@@H]3O2)n1. The molecule has 2 aliphatic rings. The molecule has 2 aromatic rings. The second-order valence-corrected chi connectivity index (χ2v) is 8.43. The van der Waals surface area contributed by atoms with Gasteiger partial charge in [0.05, 0.1) is 23.8 Å². The van der Waals surface area contributed by atoms with Crippen molar-refractivity contribution in [1.29, 1.82) is 0 Å². The Labute approximate surface area is 169 Å². The number of hydrogen-bond acceptors (Lipinski definition) is 6. The van der Waals surface area contributed by atoms with Gasteiger partial charge in [0.2, 0.25) is 0 Å². The number of fused-ring (bicyclic) bond motifs is 1. The number of rotatable bonds is 5. The van der Waals surface area contributed by atoms with Gasteiger partial charge in [-0.15, -0.1) is 11.3 Å². The van der Waals surface area contributed by atoms with Crippen LogP contribution in [-0.2, 0) is 4.74 Å². The summed E-state index contributed by atoms with van der Waals surface area (Å²) in [7, 11) is 0. The van der Waals surface area contributed by atoms with E-state index < -0.39 is 17.9 Å². The Morgan fingerprint density at radius 1 is 1.43 bits per heavy atom. The number of ether oxygens (including phenoxy) is 2. The summed E-state index contributed by atoms with van der Waals surface area (Å²) in [4.78, 5) is 15.2. The van der Waals surface area contributed by atoms with Crippen LogP contribution >= 0.6 is 22.9 Å². The number of thiazole rings is 1. The fourth-order valence-corrected chi connectivity index (χ4v) is 5.02. The molecule has 4 rings (SSSR count). The van der Waals surface area contributed by atoms with Crippen LogP contribution in [0.2, 0.25) is 5.02 Å². The van der Waals surface area contributed by atoms with Crippen LogP contribution in [0.15, 0.2) is 23.6 Å². The number of carboxylic acids is 1. The van der Waals surface area contributed by atoms with E-state index in [4.69, 9.17) is 26.2 Å². The van der Waals surface area contributed by atoms with Crippen molar-refractivity contribution in [3.8, 4) is 5.75 Å². The number of aliphatic hydroxyl groups is 1. The number of benzene rings is 1. The lowest BCUT2D eigenvalue weighted by molar-refractivity contribution is -0.0812. The Kier molecular flexibility index (Phi) is 5.55. The Morgan fingerprint density at radius 2 is 2.25 bits per heavy atom. The first kappa shape index (κ1) is 19.6. The van der Waals surface area contributed by atoms with Crippen LogP contribution in [-0.4, -0.2) is 40.0 Å². The quantitative estimate of drug-likeness (QED) is 0.751. The number of nitrogens with zero attached hydrogens (tertiary/aromatic N) is 1.